The molecule has 4 aromatic rings. The van der Waals surface area contributed by atoms with Crippen LogP contribution in [-0.2, 0) is 32.6 Å². The maximum Gasteiger partial charge on any atom is 0.264 e. The van der Waals surface area contributed by atoms with Crippen LogP contribution in [0.25, 0.3) is 0 Å². The van der Waals surface area contributed by atoms with Gasteiger partial charge in [-0.05, 0) is 74.4 Å². The lowest BCUT2D eigenvalue weighted by Crippen LogP contribution is -2.56. The molecule has 1 atom stereocenters. The van der Waals surface area contributed by atoms with E-state index in [2.05, 4.69) is 5.32 Å². The highest BCUT2D eigenvalue weighted by atomic mass is 35.5. The van der Waals surface area contributed by atoms with Gasteiger partial charge in [-0.2, -0.15) is 0 Å². The van der Waals surface area contributed by atoms with Crippen LogP contribution < -0.4 is 19.1 Å². The maximum absolute atomic E-state index is 14.6. The van der Waals surface area contributed by atoms with Crippen molar-refractivity contribution in [2.24, 2.45) is 0 Å². The van der Waals surface area contributed by atoms with Crippen LogP contribution in [0.4, 0.5) is 10.1 Å². The van der Waals surface area contributed by atoms with Gasteiger partial charge in [0.05, 0.1) is 10.6 Å². The average molecular weight is 694 g/mol. The molecule has 0 aromatic heterocycles. The number of ether oxygens (including phenoxy) is 2. The van der Waals surface area contributed by atoms with Crippen LogP contribution in [0.5, 0.6) is 11.5 Å². The van der Waals surface area contributed by atoms with E-state index < -0.39 is 45.8 Å². The molecule has 9 nitrogen and oxygen atoms in total. The Balaban J connectivity index is 1.59. The largest absolute Gasteiger partial charge is 0.486 e. The normalized spacial score (nSPS) is 13.4. The highest BCUT2D eigenvalue weighted by molar-refractivity contribution is 7.92. The number of carbonyl (C=O) groups excluding carboxylic acids is 2. The van der Waals surface area contributed by atoms with Crippen molar-refractivity contribution >= 4 is 39.1 Å². The van der Waals surface area contributed by atoms with Gasteiger partial charge in [0.1, 0.15) is 31.6 Å². The Morgan fingerprint density at radius 2 is 1.54 bits per heavy atom. The van der Waals surface area contributed by atoms with E-state index in [4.69, 9.17) is 21.1 Å². The summed E-state index contributed by atoms with van der Waals surface area (Å²) in [6.07, 6.45) is 0.143. The fourth-order valence-electron chi connectivity index (χ4n) is 5.26. The second-order valence-electron chi connectivity index (χ2n) is 12.4. The SMILES string of the molecule is CC(C)(C)NC(=O)[C@H](Cc1ccccc1)N(Cc1ccccc1Cl)C(=O)CN(c1ccc(F)cc1)S(=O)(=O)c1ccc2c(c1)OCCO2. The van der Waals surface area contributed by atoms with Crippen LogP contribution in [0.1, 0.15) is 31.9 Å². The first-order valence-corrected chi connectivity index (χ1v) is 17.2. The molecule has 0 unspecified atom stereocenters. The van der Waals surface area contributed by atoms with E-state index in [1.54, 1.807) is 24.3 Å². The Labute approximate surface area is 285 Å². The molecule has 0 aliphatic carbocycles. The third-order valence-corrected chi connectivity index (χ3v) is 9.70. The molecule has 0 bridgehead atoms. The summed E-state index contributed by atoms with van der Waals surface area (Å²) in [6, 6.07) is 24.1. The predicted octanol–water partition coefficient (Wildman–Crippen LogP) is 6.00. The second kappa shape index (κ2) is 14.7. The van der Waals surface area contributed by atoms with E-state index in [1.165, 1.54) is 35.2 Å². The van der Waals surface area contributed by atoms with Gasteiger partial charge < -0.3 is 19.7 Å². The van der Waals surface area contributed by atoms with Crippen molar-refractivity contribution in [1.29, 1.82) is 0 Å². The highest BCUT2D eigenvalue weighted by Crippen LogP contribution is 2.34. The Kier molecular flexibility index (Phi) is 10.6. The van der Waals surface area contributed by atoms with Crippen molar-refractivity contribution in [3.05, 3.63) is 119 Å². The molecule has 252 valence electrons. The molecule has 48 heavy (non-hydrogen) atoms. The van der Waals surface area contributed by atoms with Gasteiger partial charge in [0.25, 0.3) is 10.0 Å². The lowest BCUT2D eigenvalue weighted by Gasteiger charge is -2.35. The average Bonchev–Trinajstić information content (AvgIpc) is 3.05. The number of anilines is 1. The molecule has 1 aliphatic rings. The minimum atomic E-state index is -4.44. The molecule has 5 rings (SSSR count). The molecule has 0 fully saturated rings. The number of benzene rings is 4. The number of hydrogen-bond donors (Lipinski definition) is 1. The van der Waals surface area contributed by atoms with Crippen LogP contribution in [0.2, 0.25) is 5.02 Å². The summed E-state index contributed by atoms with van der Waals surface area (Å²) in [5.74, 6) is -1.04. The van der Waals surface area contributed by atoms with Gasteiger partial charge in [-0.1, -0.05) is 60.1 Å². The van der Waals surface area contributed by atoms with Crippen LogP contribution >= 0.6 is 11.6 Å². The lowest BCUT2D eigenvalue weighted by molar-refractivity contribution is -0.140. The number of carbonyl (C=O) groups is 2. The molecule has 0 spiro atoms. The van der Waals surface area contributed by atoms with E-state index in [1.807, 2.05) is 51.1 Å². The first-order chi connectivity index (χ1) is 22.8. The lowest BCUT2D eigenvalue weighted by atomic mass is 10.0. The zero-order valence-corrected chi connectivity index (χ0v) is 28.4. The number of rotatable bonds is 11. The Morgan fingerprint density at radius 3 is 2.21 bits per heavy atom. The van der Waals surface area contributed by atoms with Crippen molar-refractivity contribution < 1.29 is 31.9 Å². The van der Waals surface area contributed by atoms with Crippen molar-refractivity contribution in [2.45, 2.75) is 50.2 Å². The minimum Gasteiger partial charge on any atom is -0.486 e. The number of halogens is 2. The molecule has 0 radical (unpaired) electrons. The number of fused-ring (bicyclic) bond motifs is 1. The molecule has 0 saturated heterocycles. The predicted molar refractivity (Wildman–Crippen MR) is 182 cm³/mol. The summed E-state index contributed by atoms with van der Waals surface area (Å²) >= 11 is 6.55. The van der Waals surface area contributed by atoms with Gasteiger partial charge >= 0.3 is 0 Å². The Bertz CT molecular complexity index is 1870. The summed E-state index contributed by atoms with van der Waals surface area (Å²) in [5.41, 5.74) is 0.781. The van der Waals surface area contributed by atoms with Gasteiger partial charge in [-0.25, -0.2) is 12.8 Å². The molecule has 2 amide bonds. The fraction of sp³-hybridized carbons (Fsp3) is 0.278. The van der Waals surface area contributed by atoms with E-state index in [0.717, 1.165) is 22.0 Å². The van der Waals surface area contributed by atoms with Crippen molar-refractivity contribution in [3.63, 3.8) is 0 Å². The topological polar surface area (TPSA) is 105 Å². The highest BCUT2D eigenvalue weighted by Gasteiger charge is 2.36. The minimum absolute atomic E-state index is 0.0519. The first kappa shape index (κ1) is 34.7. The molecule has 4 aromatic carbocycles. The molecule has 0 saturated carbocycles. The summed E-state index contributed by atoms with van der Waals surface area (Å²) in [7, 11) is -4.44. The number of nitrogens with zero attached hydrogens (tertiary/aromatic N) is 2. The van der Waals surface area contributed by atoms with Crippen LogP contribution in [0, 0.1) is 5.82 Å². The second-order valence-corrected chi connectivity index (χ2v) is 14.6. The van der Waals surface area contributed by atoms with E-state index in [-0.39, 0.29) is 35.9 Å². The first-order valence-electron chi connectivity index (χ1n) is 15.4. The third-order valence-electron chi connectivity index (χ3n) is 7.56. The number of hydrogen-bond acceptors (Lipinski definition) is 6. The summed E-state index contributed by atoms with van der Waals surface area (Å²) in [5, 5.41) is 3.37. The zero-order valence-electron chi connectivity index (χ0n) is 26.9. The van der Waals surface area contributed by atoms with E-state index in [0.29, 0.717) is 22.9 Å². The van der Waals surface area contributed by atoms with Crippen molar-refractivity contribution in [3.8, 4) is 11.5 Å². The zero-order chi connectivity index (χ0) is 34.5. The molecule has 1 heterocycles. The van der Waals surface area contributed by atoms with Gasteiger partial charge in [0.2, 0.25) is 11.8 Å². The maximum atomic E-state index is 14.6. The van der Waals surface area contributed by atoms with Crippen molar-refractivity contribution in [2.75, 3.05) is 24.1 Å². The van der Waals surface area contributed by atoms with Crippen LogP contribution in [-0.4, -0.2) is 56.5 Å². The van der Waals surface area contributed by atoms with E-state index >= 15 is 0 Å². The smallest absolute Gasteiger partial charge is 0.264 e. The van der Waals surface area contributed by atoms with E-state index in [9.17, 15) is 22.4 Å². The van der Waals surface area contributed by atoms with Crippen LogP contribution in [0.15, 0.2) is 102 Å². The standard InChI is InChI=1S/C36H37ClFN3O6S/c1-36(2,3)39-35(43)31(21-25-9-5-4-6-10-25)40(23-26-11-7-8-12-30(26)37)34(42)24-41(28-15-13-27(38)14-16-28)48(44,45)29-17-18-32-33(22-29)47-20-19-46-32/h4-18,22,31H,19-21,23-24H2,1-3H3,(H,39,43)/t31-/m0/s1. The Hall–Kier alpha value is -4.61. The van der Waals surface area contributed by atoms with Crippen LogP contribution in [0.3, 0.4) is 0 Å². The summed E-state index contributed by atoms with van der Waals surface area (Å²) < 4.78 is 54.8. The number of amides is 2. The molecule has 12 heteroatoms. The molecule has 1 aliphatic heterocycles. The number of nitrogens with one attached hydrogen (secondary N) is 1. The van der Waals surface area contributed by atoms with Gasteiger partial charge in [-0.3, -0.25) is 13.9 Å². The monoisotopic (exact) mass is 693 g/mol. The summed E-state index contributed by atoms with van der Waals surface area (Å²) in [4.78, 5) is 29.8. The molecule has 1 N–H and O–H groups in total. The van der Waals surface area contributed by atoms with Gasteiger partial charge in [0.15, 0.2) is 11.5 Å². The van der Waals surface area contributed by atoms with Crippen molar-refractivity contribution in [1.82, 2.24) is 10.2 Å². The third kappa shape index (κ3) is 8.45. The quantitative estimate of drug-likeness (QED) is 0.207. The summed E-state index contributed by atoms with van der Waals surface area (Å²) in [6.45, 7) is 5.27. The molecular formula is C36H37ClFN3O6S. The molecular weight excluding hydrogens is 657 g/mol. The number of sulfonamides is 1. The van der Waals surface area contributed by atoms with Gasteiger partial charge in [0, 0.05) is 29.6 Å². The fourth-order valence-corrected chi connectivity index (χ4v) is 6.89. The Morgan fingerprint density at radius 1 is 0.896 bits per heavy atom. The van der Waals surface area contributed by atoms with Gasteiger partial charge in [-0.15, -0.1) is 0 Å².